The number of rotatable bonds is 12. The maximum atomic E-state index is 2.61. The predicted molar refractivity (Wildman–Crippen MR) is 91.9 cm³/mol. The standard InChI is InChI=1S/C20H39/c1-3-5-7-9-11-14-19-16-13-17-20(18-19)15-12-10-8-6-4-2/h13,19-20H,3-12,14-18H2,1-2H3/q+1. The number of hydrogen-bond donors (Lipinski definition) is 0. The fraction of sp³-hybridized carbons (Fsp3) is 0.950. The third kappa shape index (κ3) is 8.93. The monoisotopic (exact) mass is 279 g/mol. The average Bonchev–Trinajstić information content (AvgIpc) is 2.47. The molecule has 0 heterocycles. The van der Waals surface area contributed by atoms with E-state index in [4.69, 9.17) is 0 Å². The van der Waals surface area contributed by atoms with Crippen LogP contribution < -0.4 is 0 Å². The van der Waals surface area contributed by atoms with Gasteiger partial charge >= 0.3 is 0 Å². The van der Waals surface area contributed by atoms with Crippen LogP contribution in [0.3, 0.4) is 0 Å². The zero-order chi connectivity index (χ0) is 14.5. The Morgan fingerprint density at radius 2 is 1.10 bits per heavy atom. The van der Waals surface area contributed by atoms with Crippen LogP contribution in [0.15, 0.2) is 0 Å². The van der Waals surface area contributed by atoms with Gasteiger partial charge in [-0.3, -0.25) is 0 Å². The lowest BCUT2D eigenvalue weighted by atomic mass is 9.77. The second-order valence-corrected chi connectivity index (χ2v) is 7.13. The Labute approximate surface area is 129 Å². The smallest absolute Gasteiger partial charge is 0.0654 e. The summed E-state index contributed by atoms with van der Waals surface area (Å²) in [5.41, 5.74) is 0. The normalized spacial score (nSPS) is 22.7. The highest BCUT2D eigenvalue weighted by molar-refractivity contribution is 4.83. The molecule has 1 fully saturated rings. The van der Waals surface area contributed by atoms with Crippen LogP contribution in [0.5, 0.6) is 0 Å². The molecule has 1 aliphatic rings. The van der Waals surface area contributed by atoms with Gasteiger partial charge in [-0.2, -0.15) is 0 Å². The molecule has 20 heavy (non-hydrogen) atoms. The summed E-state index contributed by atoms with van der Waals surface area (Å²) in [6, 6.07) is 0. The molecule has 0 aromatic rings. The van der Waals surface area contributed by atoms with Gasteiger partial charge in [0.25, 0.3) is 0 Å². The molecule has 0 spiro atoms. The molecule has 2 atom stereocenters. The van der Waals surface area contributed by atoms with Crippen molar-refractivity contribution in [3.05, 3.63) is 6.42 Å². The molecular formula is C20H39+. The Balaban J connectivity index is 2.00. The molecule has 0 N–H and O–H groups in total. The zero-order valence-corrected chi connectivity index (χ0v) is 14.3. The van der Waals surface area contributed by atoms with Gasteiger partial charge in [0.15, 0.2) is 0 Å². The first-order chi connectivity index (χ1) is 9.86. The van der Waals surface area contributed by atoms with Crippen LogP contribution in [-0.4, -0.2) is 0 Å². The highest BCUT2D eigenvalue weighted by Gasteiger charge is 2.26. The summed E-state index contributed by atoms with van der Waals surface area (Å²) >= 11 is 0. The molecule has 0 saturated heterocycles. The summed E-state index contributed by atoms with van der Waals surface area (Å²) in [5, 5.41) is 0. The summed E-state index contributed by atoms with van der Waals surface area (Å²) in [5.74, 6) is 2.07. The largest absolute Gasteiger partial charge is 0.0903 e. The van der Waals surface area contributed by atoms with Crippen molar-refractivity contribution in [3.63, 3.8) is 0 Å². The fourth-order valence-corrected chi connectivity index (χ4v) is 3.78. The Morgan fingerprint density at radius 3 is 1.55 bits per heavy atom. The highest BCUT2D eigenvalue weighted by atomic mass is 14.3. The molecule has 0 aromatic carbocycles. The summed E-state index contributed by atoms with van der Waals surface area (Å²) in [6.45, 7) is 4.61. The average molecular weight is 280 g/mol. The third-order valence-corrected chi connectivity index (χ3v) is 5.10. The van der Waals surface area contributed by atoms with Gasteiger partial charge in [-0.05, 0) is 31.1 Å². The molecule has 0 radical (unpaired) electrons. The van der Waals surface area contributed by atoms with Crippen molar-refractivity contribution in [2.75, 3.05) is 0 Å². The van der Waals surface area contributed by atoms with Crippen LogP contribution >= 0.6 is 0 Å². The van der Waals surface area contributed by atoms with Gasteiger partial charge in [0.2, 0.25) is 0 Å². The Hall–Kier alpha value is -0.130. The lowest BCUT2D eigenvalue weighted by molar-refractivity contribution is 0.274. The van der Waals surface area contributed by atoms with E-state index >= 15 is 0 Å². The molecule has 118 valence electrons. The van der Waals surface area contributed by atoms with Crippen molar-refractivity contribution in [2.45, 2.75) is 110 Å². The van der Waals surface area contributed by atoms with Crippen molar-refractivity contribution in [1.29, 1.82) is 0 Å². The van der Waals surface area contributed by atoms with Gasteiger partial charge in [-0.25, -0.2) is 0 Å². The quantitative estimate of drug-likeness (QED) is 0.259. The van der Waals surface area contributed by atoms with Crippen molar-refractivity contribution in [2.24, 2.45) is 11.8 Å². The van der Waals surface area contributed by atoms with Crippen LogP contribution in [0, 0.1) is 18.3 Å². The van der Waals surface area contributed by atoms with Crippen LogP contribution in [0.2, 0.25) is 0 Å². The minimum absolute atomic E-state index is 1.03. The fourth-order valence-electron chi connectivity index (χ4n) is 3.78. The maximum Gasteiger partial charge on any atom is 0.0903 e. The Bertz CT molecular complexity index is 176. The van der Waals surface area contributed by atoms with Gasteiger partial charge in [-0.1, -0.05) is 78.1 Å². The minimum atomic E-state index is 1.03. The van der Waals surface area contributed by atoms with Crippen molar-refractivity contribution in [1.82, 2.24) is 0 Å². The van der Waals surface area contributed by atoms with Crippen LogP contribution in [0.25, 0.3) is 0 Å². The molecule has 0 amide bonds. The van der Waals surface area contributed by atoms with E-state index in [-0.39, 0.29) is 0 Å². The van der Waals surface area contributed by atoms with E-state index in [1.165, 1.54) is 96.3 Å². The van der Waals surface area contributed by atoms with Crippen molar-refractivity contribution >= 4 is 0 Å². The predicted octanol–water partition coefficient (Wildman–Crippen LogP) is 7.33. The second kappa shape index (κ2) is 12.6. The van der Waals surface area contributed by atoms with Crippen LogP contribution in [-0.2, 0) is 0 Å². The maximum absolute atomic E-state index is 2.61. The second-order valence-electron chi connectivity index (χ2n) is 7.13. The number of unbranched alkanes of at least 4 members (excludes halogenated alkanes) is 8. The Morgan fingerprint density at radius 1 is 0.650 bits per heavy atom. The van der Waals surface area contributed by atoms with Crippen LogP contribution in [0.1, 0.15) is 110 Å². The first-order valence-electron chi connectivity index (χ1n) is 9.68. The molecule has 0 aromatic heterocycles. The first kappa shape index (κ1) is 17.9. The van der Waals surface area contributed by atoms with E-state index < -0.39 is 0 Å². The van der Waals surface area contributed by atoms with E-state index in [2.05, 4.69) is 20.3 Å². The van der Waals surface area contributed by atoms with Crippen LogP contribution in [0.4, 0.5) is 0 Å². The SMILES string of the molecule is CCCCCCCC1C[CH+]CC(CCCCCCC)C1. The summed E-state index contributed by atoms with van der Waals surface area (Å²) in [7, 11) is 0. The van der Waals surface area contributed by atoms with E-state index in [0.29, 0.717) is 0 Å². The van der Waals surface area contributed by atoms with E-state index in [1.807, 2.05) is 0 Å². The summed E-state index contributed by atoms with van der Waals surface area (Å²) in [6.07, 6.45) is 24.5. The minimum Gasteiger partial charge on any atom is -0.0654 e. The van der Waals surface area contributed by atoms with E-state index in [1.54, 1.807) is 0 Å². The van der Waals surface area contributed by atoms with Gasteiger partial charge in [0.05, 0.1) is 19.3 Å². The highest BCUT2D eigenvalue weighted by Crippen LogP contribution is 2.34. The molecule has 0 nitrogen and oxygen atoms in total. The summed E-state index contributed by atoms with van der Waals surface area (Å²) in [4.78, 5) is 0. The van der Waals surface area contributed by atoms with Gasteiger partial charge < -0.3 is 0 Å². The lowest BCUT2D eigenvalue weighted by Gasteiger charge is -2.24. The zero-order valence-electron chi connectivity index (χ0n) is 14.3. The Kier molecular flexibility index (Phi) is 11.3. The molecule has 1 saturated carbocycles. The molecule has 0 bridgehead atoms. The molecule has 0 heteroatoms. The van der Waals surface area contributed by atoms with E-state index in [0.717, 1.165) is 11.8 Å². The molecule has 0 aliphatic heterocycles. The van der Waals surface area contributed by atoms with E-state index in [9.17, 15) is 0 Å². The number of hydrogen-bond acceptors (Lipinski definition) is 0. The van der Waals surface area contributed by atoms with Gasteiger partial charge in [-0.15, -0.1) is 0 Å². The van der Waals surface area contributed by atoms with Gasteiger partial charge in [0, 0.05) is 0 Å². The molecule has 1 aliphatic carbocycles. The van der Waals surface area contributed by atoms with Gasteiger partial charge in [0.1, 0.15) is 0 Å². The topological polar surface area (TPSA) is 0 Å². The lowest BCUT2D eigenvalue weighted by Crippen LogP contribution is -2.16. The first-order valence-corrected chi connectivity index (χ1v) is 9.68. The molecule has 2 unspecified atom stereocenters. The van der Waals surface area contributed by atoms with Crippen molar-refractivity contribution in [3.8, 4) is 0 Å². The summed E-state index contributed by atoms with van der Waals surface area (Å²) < 4.78 is 0. The van der Waals surface area contributed by atoms with Crippen molar-refractivity contribution < 1.29 is 0 Å². The molecular weight excluding hydrogens is 240 g/mol. The molecule has 1 rings (SSSR count). The third-order valence-electron chi connectivity index (χ3n) is 5.10.